The molecule has 0 atom stereocenters. The Morgan fingerprint density at radius 1 is 1.13 bits per heavy atom. The third-order valence-electron chi connectivity index (χ3n) is 3.95. The lowest BCUT2D eigenvalue weighted by Gasteiger charge is -2.10. The molecule has 4 rings (SSSR count). The summed E-state index contributed by atoms with van der Waals surface area (Å²) in [5.74, 6) is 2.10. The fraction of sp³-hybridized carbons (Fsp3) is 0.167. The number of methoxy groups -OCH3 is 1. The number of aromatic hydroxyl groups is 1. The lowest BCUT2D eigenvalue weighted by molar-refractivity contribution is 0.174. The van der Waals surface area contributed by atoms with Crippen molar-refractivity contribution in [2.24, 2.45) is 0 Å². The number of fused-ring (bicyclic) bond motifs is 2. The molecule has 1 aliphatic heterocycles. The number of ether oxygens (including phenoxy) is 3. The van der Waals surface area contributed by atoms with E-state index in [0.717, 1.165) is 33.5 Å². The highest BCUT2D eigenvalue weighted by molar-refractivity contribution is 5.88. The summed E-state index contributed by atoms with van der Waals surface area (Å²) in [6.07, 6.45) is 2.40. The molecule has 0 aliphatic carbocycles. The normalized spacial score (nSPS) is 12.6. The van der Waals surface area contributed by atoms with Crippen molar-refractivity contribution < 1.29 is 19.3 Å². The number of benzene rings is 2. The standard InChI is InChI=1S/C18H15NO4/c1-21-17-9-13-12(8-15(17)20)4-5-19-14(13)6-11-2-3-16-18(7-11)23-10-22-16/h2-5,7-9,20H,6,10H2,1H3. The van der Waals surface area contributed by atoms with Crippen molar-refractivity contribution in [2.75, 3.05) is 13.9 Å². The lowest BCUT2D eigenvalue weighted by Crippen LogP contribution is -1.95. The molecule has 0 saturated carbocycles. The molecule has 23 heavy (non-hydrogen) atoms. The van der Waals surface area contributed by atoms with Gasteiger partial charge in [0.25, 0.3) is 0 Å². The van der Waals surface area contributed by atoms with Crippen molar-refractivity contribution in [3.63, 3.8) is 0 Å². The zero-order valence-electron chi connectivity index (χ0n) is 12.6. The monoisotopic (exact) mass is 309 g/mol. The number of aromatic nitrogens is 1. The smallest absolute Gasteiger partial charge is 0.231 e. The van der Waals surface area contributed by atoms with Gasteiger partial charge in [0.2, 0.25) is 6.79 Å². The van der Waals surface area contributed by atoms with Gasteiger partial charge in [-0.25, -0.2) is 0 Å². The average Bonchev–Trinajstić information content (AvgIpc) is 3.02. The summed E-state index contributed by atoms with van der Waals surface area (Å²) in [5.41, 5.74) is 2.00. The van der Waals surface area contributed by atoms with Crippen LogP contribution in [-0.4, -0.2) is 24.0 Å². The van der Waals surface area contributed by atoms with Crippen LogP contribution in [-0.2, 0) is 6.42 Å². The Hall–Kier alpha value is -2.95. The summed E-state index contributed by atoms with van der Waals surface area (Å²) in [6, 6.07) is 11.3. The van der Waals surface area contributed by atoms with Crippen LogP contribution in [0.4, 0.5) is 0 Å². The molecule has 0 unspecified atom stereocenters. The van der Waals surface area contributed by atoms with Gasteiger partial charge in [-0.05, 0) is 41.3 Å². The fourth-order valence-electron chi connectivity index (χ4n) is 2.80. The summed E-state index contributed by atoms with van der Waals surface area (Å²) in [7, 11) is 1.54. The second-order valence-corrected chi connectivity index (χ2v) is 5.37. The lowest BCUT2D eigenvalue weighted by atomic mass is 10.0. The van der Waals surface area contributed by atoms with E-state index in [9.17, 15) is 5.11 Å². The average molecular weight is 309 g/mol. The molecule has 0 fully saturated rings. The highest BCUT2D eigenvalue weighted by Crippen LogP contribution is 2.35. The summed E-state index contributed by atoms with van der Waals surface area (Å²) in [5, 5.41) is 11.8. The van der Waals surface area contributed by atoms with Gasteiger partial charge in [0.1, 0.15) is 0 Å². The minimum absolute atomic E-state index is 0.125. The minimum atomic E-state index is 0.125. The molecule has 0 saturated heterocycles. The number of phenols is 1. The Morgan fingerprint density at radius 2 is 2.00 bits per heavy atom. The van der Waals surface area contributed by atoms with E-state index in [1.165, 1.54) is 7.11 Å². The van der Waals surface area contributed by atoms with Crippen LogP contribution in [0.15, 0.2) is 42.6 Å². The molecule has 0 bridgehead atoms. The van der Waals surface area contributed by atoms with Gasteiger partial charge < -0.3 is 19.3 Å². The van der Waals surface area contributed by atoms with Gasteiger partial charge in [-0.1, -0.05) is 6.07 Å². The number of hydrogen-bond donors (Lipinski definition) is 1. The number of hydrogen-bond acceptors (Lipinski definition) is 5. The van der Waals surface area contributed by atoms with Gasteiger partial charge in [0, 0.05) is 18.0 Å². The van der Waals surface area contributed by atoms with Crippen LogP contribution in [0.3, 0.4) is 0 Å². The van der Waals surface area contributed by atoms with Crippen molar-refractivity contribution in [3.8, 4) is 23.0 Å². The third-order valence-corrected chi connectivity index (χ3v) is 3.95. The van der Waals surface area contributed by atoms with Crippen molar-refractivity contribution in [2.45, 2.75) is 6.42 Å². The highest BCUT2D eigenvalue weighted by atomic mass is 16.7. The minimum Gasteiger partial charge on any atom is -0.504 e. The van der Waals surface area contributed by atoms with Gasteiger partial charge in [-0.2, -0.15) is 0 Å². The molecule has 1 aromatic heterocycles. The van der Waals surface area contributed by atoms with Crippen LogP contribution in [0.5, 0.6) is 23.0 Å². The maximum atomic E-state index is 9.92. The van der Waals surface area contributed by atoms with E-state index in [4.69, 9.17) is 14.2 Å². The van der Waals surface area contributed by atoms with E-state index < -0.39 is 0 Å². The molecular weight excluding hydrogens is 294 g/mol. The molecule has 2 heterocycles. The van der Waals surface area contributed by atoms with Crippen LogP contribution in [0.1, 0.15) is 11.3 Å². The Bertz CT molecular complexity index is 892. The van der Waals surface area contributed by atoms with E-state index in [0.29, 0.717) is 12.2 Å². The highest BCUT2D eigenvalue weighted by Gasteiger charge is 2.14. The van der Waals surface area contributed by atoms with Crippen molar-refractivity contribution >= 4 is 10.8 Å². The second kappa shape index (κ2) is 5.35. The van der Waals surface area contributed by atoms with Crippen molar-refractivity contribution in [1.29, 1.82) is 0 Å². The molecule has 0 spiro atoms. The topological polar surface area (TPSA) is 60.8 Å². The first-order chi connectivity index (χ1) is 11.2. The van der Waals surface area contributed by atoms with E-state index in [-0.39, 0.29) is 12.5 Å². The van der Waals surface area contributed by atoms with Gasteiger partial charge in [-0.15, -0.1) is 0 Å². The number of pyridine rings is 1. The third kappa shape index (κ3) is 2.40. The fourth-order valence-corrected chi connectivity index (χ4v) is 2.80. The molecule has 1 aliphatic rings. The Labute approximate surface area is 133 Å². The quantitative estimate of drug-likeness (QED) is 0.804. The van der Waals surface area contributed by atoms with Crippen LogP contribution in [0.25, 0.3) is 10.8 Å². The van der Waals surface area contributed by atoms with E-state index in [1.807, 2.05) is 30.3 Å². The first-order valence-electron chi connectivity index (χ1n) is 7.28. The Balaban J connectivity index is 1.76. The van der Waals surface area contributed by atoms with Gasteiger partial charge in [0.15, 0.2) is 23.0 Å². The van der Waals surface area contributed by atoms with Crippen LogP contribution in [0, 0.1) is 0 Å². The summed E-state index contributed by atoms with van der Waals surface area (Å²) < 4.78 is 16.0. The SMILES string of the molecule is COc1cc2c(Cc3ccc4c(c3)OCO4)nccc2cc1O. The van der Waals surface area contributed by atoms with E-state index in [2.05, 4.69) is 4.98 Å². The van der Waals surface area contributed by atoms with Crippen LogP contribution >= 0.6 is 0 Å². The molecule has 1 N–H and O–H groups in total. The predicted octanol–water partition coefficient (Wildman–Crippen LogP) is 3.27. The second-order valence-electron chi connectivity index (χ2n) is 5.37. The first-order valence-corrected chi connectivity index (χ1v) is 7.28. The summed E-state index contributed by atoms with van der Waals surface area (Å²) in [4.78, 5) is 4.49. The zero-order valence-corrected chi connectivity index (χ0v) is 12.6. The molecule has 5 nitrogen and oxygen atoms in total. The van der Waals surface area contributed by atoms with Gasteiger partial charge >= 0.3 is 0 Å². The molecular formula is C18H15NO4. The molecule has 3 aromatic rings. The predicted molar refractivity (Wildman–Crippen MR) is 85.3 cm³/mol. The largest absolute Gasteiger partial charge is 0.504 e. The summed E-state index contributed by atoms with van der Waals surface area (Å²) >= 11 is 0. The molecule has 0 radical (unpaired) electrons. The summed E-state index contributed by atoms with van der Waals surface area (Å²) in [6.45, 7) is 0.266. The molecule has 5 heteroatoms. The van der Waals surface area contributed by atoms with Gasteiger partial charge in [0.05, 0.1) is 12.8 Å². The zero-order chi connectivity index (χ0) is 15.8. The number of nitrogens with zero attached hydrogens (tertiary/aromatic N) is 1. The molecule has 116 valence electrons. The number of rotatable bonds is 3. The first kappa shape index (κ1) is 13.7. The van der Waals surface area contributed by atoms with Crippen LogP contribution < -0.4 is 14.2 Å². The molecule has 2 aromatic carbocycles. The van der Waals surface area contributed by atoms with E-state index >= 15 is 0 Å². The Morgan fingerprint density at radius 3 is 2.87 bits per heavy atom. The van der Waals surface area contributed by atoms with Gasteiger partial charge in [-0.3, -0.25) is 4.98 Å². The van der Waals surface area contributed by atoms with Crippen molar-refractivity contribution in [1.82, 2.24) is 4.98 Å². The van der Waals surface area contributed by atoms with Crippen LogP contribution in [0.2, 0.25) is 0 Å². The maximum absolute atomic E-state index is 9.92. The molecule has 0 amide bonds. The Kier molecular flexibility index (Phi) is 3.19. The van der Waals surface area contributed by atoms with E-state index in [1.54, 1.807) is 12.3 Å². The number of phenolic OH excluding ortho intramolecular Hbond substituents is 1. The van der Waals surface area contributed by atoms with Crippen molar-refractivity contribution in [3.05, 3.63) is 53.9 Å². The maximum Gasteiger partial charge on any atom is 0.231 e.